The Morgan fingerprint density at radius 3 is 2.44 bits per heavy atom. The fraction of sp³-hybridized carbons (Fsp3) is 1.00. The molecular weight excluding hydrogens is 228 g/mol. The quantitative estimate of drug-likeness (QED) is 0.837. The van der Waals surface area contributed by atoms with E-state index in [1.54, 1.807) is 0 Å². The highest BCUT2D eigenvalue weighted by Crippen LogP contribution is 2.56. The van der Waals surface area contributed by atoms with E-state index in [0.29, 0.717) is 19.1 Å². The maximum absolute atomic E-state index is 10.4. The minimum absolute atomic E-state index is 0.0606. The zero-order valence-electron chi connectivity index (χ0n) is 11.5. The van der Waals surface area contributed by atoms with Gasteiger partial charge in [-0.05, 0) is 48.9 Å². The van der Waals surface area contributed by atoms with Gasteiger partial charge in [-0.1, -0.05) is 13.8 Å². The van der Waals surface area contributed by atoms with Crippen LogP contribution in [0.5, 0.6) is 0 Å². The molecule has 2 aliphatic carbocycles. The van der Waals surface area contributed by atoms with Gasteiger partial charge in [0.15, 0.2) is 6.29 Å². The zero-order valence-corrected chi connectivity index (χ0v) is 11.5. The molecule has 3 nitrogen and oxygen atoms in total. The Hall–Kier alpha value is -0.120. The molecule has 3 rings (SSSR count). The molecule has 1 saturated heterocycles. The van der Waals surface area contributed by atoms with Gasteiger partial charge in [0.25, 0.3) is 0 Å². The lowest BCUT2D eigenvalue weighted by molar-refractivity contribution is -0.0605. The van der Waals surface area contributed by atoms with Gasteiger partial charge in [0.05, 0.1) is 19.3 Å². The second kappa shape index (κ2) is 5.10. The van der Waals surface area contributed by atoms with Crippen molar-refractivity contribution in [3.63, 3.8) is 0 Å². The van der Waals surface area contributed by atoms with Crippen LogP contribution in [-0.4, -0.2) is 30.7 Å². The first-order valence-corrected chi connectivity index (χ1v) is 7.58. The minimum atomic E-state index is -0.150. The molecule has 1 aliphatic heterocycles. The maximum Gasteiger partial charge on any atom is 0.157 e. The Kier molecular flexibility index (Phi) is 3.65. The van der Waals surface area contributed by atoms with Crippen molar-refractivity contribution in [3.05, 3.63) is 0 Å². The topological polar surface area (TPSA) is 38.7 Å². The van der Waals surface area contributed by atoms with Crippen molar-refractivity contribution in [2.75, 3.05) is 13.2 Å². The Morgan fingerprint density at radius 2 is 1.83 bits per heavy atom. The molecule has 0 aromatic rings. The summed E-state index contributed by atoms with van der Waals surface area (Å²) in [5, 5.41) is 10.4. The molecule has 6 unspecified atom stereocenters. The average Bonchev–Trinajstić information content (AvgIpc) is 3.06. The lowest BCUT2D eigenvalue weighted by Gasteiger charge is -2.34. The molecule has 2 bridgehead atoms. The van der Waals surface area contributed by atoms with E-state index in [9.17, 15) is 5.11 Å². The third kappa shape index (κ3) is 2.21. The standard InChI is InChI=1S/C15H26O3/c1-9-10(2)12-7-11(9)8-13(12)14(16)3-4-15-17-5-6-18-15/h9-16H,3-8H2,1-2H3. The molecule has 6 atom stereocenters. The normalized spacial score (nSPS) is 45.8. The molecule has 3 aliphatic rings. The second-order valence-corrected chi connectivity index (χ2v) is 6.59. The summed E-state index contributed by atoms with van der Waals surface area (Å²) in [6.07, 6.45) is 4.06. The maximum atomic E-state index is 10.4. The van der Waals surface area contributed by atoms with Crippen LogP contribution in [0.4, 0.5) is 0 Å². The van der Waals surface area contributed by atoms with Gasteiger partial charge in [0.1, 0.15) is 0 Å². The Bertz CT molecular complexity index is 285. The summed E-state index contributed by atoms with van der Waals surface area (Å²) in [7, 11) is 0. The molecule has 0 amide bonds. The van der Waals surface area contributed by atoms with Gasteiger partial charge < -0.3 is 14.6 Å². The van der Waals surface area contributed by atoms with Crippen LogP contribution >= 0.6 is 0 Å². The number of hydrogen-bond acceptors (Lipinski definition) is 3. The molecule has 0 radical (unpaired) electrons. The van der Waals surface area contributed by atoms with Crippen molar-refractivity contribution in [2.24, 2.45) is 29.6 Å². The molecular formula is C15H26O3. The van der Waals surface area contributed by atoms with Gasteiger partial charge >= 0.3 is 0 Å². The van der Waals surface area contributed by atoms with Crippen molar-refractivity contribution in [1.29, 1.82) is 0 Å². The van der Waals surface area contributed by atoms with Gasteiger partial charge in [-0.2, -0.15) is 0 Å². The predicted molar refractivity (Wildman–Crippen MR) is 69.0 cm³/mol. The van der Waals surface area contributed by atoms with Gasteiger partial charge in [-0.15, -0.1) is 0 Å². The molecule has 1 N–H and O–H groups in total. The number of hydrogen-bond donors (Lipinski definition) is 1. The predicted octanol–water partition coefficient (Wildman–Crippen LogP) is 2.43. The second-order valence-electron chi connectivity index (χ2n) is 6.59. The van der Waals surface area contributed by atoms with Crippen LogP contribution in [0, 0.1) is 29.6 Å². The molecule has 3 heteroatoms. The minimum Gasteiger partial charge on any atom is -0.393 e. The Morgan fingerprint density at radius 1 is 1.11 bits per heavy atom. The van der Waals surface area contributed by atoms with Crippen LogP contribution in [-0.2, 0) is 9.47 Å². The highest BCUT2D eigenvalue weighted by atomic mass is 16.7. The van der Waals surface area contributed by atoms with E-state index in [1.165, 1.54) is 12.8 Å². The van der Waals surface area contributed by atoms with Crippen LogP contribution in [0.15, 0.2) is 0 Å². The fourth-order valence-electron chi connectivity index (χ4n) is 4.54. The third-order valence-corrected chi connectivity index (χ3v) is 5.83. The molecule has 0 spiro atoms. The summed E-state index contributed by atoms with van der Waals surface area (Å²) >= 11 is 0. The molecule has 1 heterocycles. The molecule has 2 saturated carbocycles. The SMILES string of the molecule is CC1C2CC(C(O)CCC3OCCO3)C(C2)C1C. The van der Waals surface area contributed by atoms with Crippen LogP contribution < -0.4 is 0 Å². The number of aliphatic hydroxyl groups excluding tert-OH is 1. The lowest BCUT2D eigenvalue weighted by atomic mass is 9.73. The average molecular weight is 254 g/mol. The number of ether oxygens (including phenoxy) is 2. The summed E-state index contributed by atoms with van der Waals surface area (Å²) < 4.78 is 10.9. The van der Waals surface area contributed by atoms with Crippen LogP contribution in [0.1, 0.15) is 39.5 Å². The van der Waals surface area contributed by atoms with Gasteiger partial charge in [-0.3, -0.25) is 0 Å². The number of fused-ring (bicyclic) bond motifs is 2. The van der Waals surface area contributed by atoms with Crippen LogP contribution in [0.25, 0.3) is 0 Å². The molecule has 3 fully saturated rings. The van der Waals surface area contributed by atoms with Crippen LogP contribution in [0.3, 0.4) is 0 Å². The van der Waals surface area contributed by atoms with Crippen LogP contribution in [0.2, 0.25) is 0 Å². The molecule has 18 heavy (non-hydrogen) atoms. The first-order chi connectivity index (χ1) is 8.66. The van der Waals surface area contributed by atoms with Crippen molar-refractivity contribution in [3.8, 4) is 0 Å². The fourth-order valence-corrected chi connectivity index (χ4v) is 4.54. The van der Waals surface area contributed by atoms with Crippen molar-refractivity contribution in [1.82, 2.24) is 0 Å². The van der Waals surface area contributed by atoms with E-state index in [0.717, 1.165) is 36.5 Å². The molecule has 0 aromatic carbocycles. The number of aliphatic hydroxyl groups is 1. The molecule has 104 valence electrons. The first kappa shape index (κ1) is 12.9. The summed E-state index contributed by atoms with van der Waals surface area (Å²) in [6.45, 7) is 6.18. The van der Waals surface area contributed by atoms with Crippen molar-refractivity contribution >= 4 is 0 Å². The summed E-state index contributed by atoms with van der Waals surface area (Å²) in [4.78, 5) is 0. The summed E-state index contributed by atoms with van der Waals surface area (Å²) in [6, 6.07) is 0. The number of rotatable bonds is 4. The van der Waals surface area contributed by atoms with E-state index in [2.05, 4.69) is 13.8 Å². The van der Waals surface area contributed by atoms with Gasteiger partial charge in [0.2, 0.25) is 0 Å². The van der Waals surface area contributed by atoms with Crippen molar-refractivity contribution in [2.45, 2.75) is 51.9 Å². The van der Waals surface area contributed by atoms with E-state index < -0.39 is 0 Å². The summed E-state index contributed by atoms with van der Waals surface area (Å²) in [5.41, 5.74) is 0. The van der Waals surface area contributed by atoms with E-state index >= 15 is 0 Å². The Labute approximate surface area is 110 Å². The largest absolute Gasteiger partial charge is 0.393 e. The van der Waals surface area contributed by atoms with E-state index in [1.807, 2.05) is 0 Å². The highest BCUT2D eigenvalue weighted by molar-refractivity contribution is 4.99. The van der Waals surface area contributed by atoms with E-state index in [-0.39, 0.29) is 12.4 Å². The Balaban J connectivity index is 1.50. The highest BCUT2D eigenvalue weighted by Gasteiger charge is 2.50. The molecule has 0 aromatic heterocycles. The third-order valence-electron chi connectivity index (χ3n) is 5.83. The lowest BCUT2D eigenvalue weighted by Crippen LogP contribution is -2.33. The van der Waals surface area contributed by atoms with Gasteiger partial charge in [0, 0.05) is 6.42 Å². The first-order valence-electron chi connectivity index (χ1n) is 7.58. The summed E-state index contributed by atoms with van der Waals surface area (Å²) in [5.74, 6) is 3.80. The van der Waals surface area contributed by atoms with E-state index in [4.69, 9.17) is 9.47 Å². The van der Waals surface area contributed by atoms with Crippen molar-refractivity contribution < 1.29 is 14.6 Å². The monoisotopic (exact) mass is 254 g/mol. The zero-order chi connectivity index (χ0) is 12.7. The van der Waals surface area contributed by atoms with Gasteiger partial charge in [-0.25, -0.2) is 0 Å². The smallest absolute Gasteiger partial charge is 0.157 e.